The fraction of sp³-hybridized carbons (Fsp3) is 0.0238. The van der Waals surface area contributed by atoms with Gasteiger partial charge in [-0.1, -0.05) is 109 Å². The minimum Gasteiger partial charge on any atom is -0.309 e. The number of benzene rings is 6. The Morgan fingerprint density at radius 2 is 1.12 bits per heavy atom. The Balaban J connectivity index is 1.40. The summed E-state index contributed by atoms with van der Waals surface area (Å²) in [5.74, 6) is 1.60. The predicted molar refractivity (Wildman–Crippen MR) is 193 cm³/mol. The summed E-state index contributed by atoms with van der Waals surface area (Å²) >= 11 is 0. The highest BCUT2D eigenvalue weighted by atomic mass is 15.0. The maximum absolute atomic E-state index is 8.17. The van der Waals surface area contributed by atoms with Crippen molar-refractivity contribution in [3.8, 4) is 51.0 Å². The van der Waals surface area contributed by atoms with Gasteiger partial charge in [-0.25, -0.2) is 24.6 Å². The second-order valence-corrected chi connectivity index (χ2v) is 11.5. The van der Waals surface area contributed by atoms with Crippen molar-refractivity contribution < 1.29 is 0 Å². The number of hydrogen-bond donors (Lipinski definition) is 0. The lowest BCUT2D eigenvalue weighted by Gasteiger charge is -2.14. The van der Waals surface area contributed by atoms with Gasteiger partial charge in [-0.15, -0.1) is 0 Å². The van der Waals surface area contributed by atoms with Gasteiger partial charge in [-0.3, -0.25) is 0 Å². The molecule has 6 nitrogen and oxygen atoms in total. The maximum Gasteiger partial charge on any atom is 0.195 e. The minimum absolute atomic E-state index is 0.487. The van der Waals surface area contributed by atoms with Crippen LogP contribution in [0.15, 0.2) is 140 Å². The quantitative estimate of drug-likeness (QED) is 0.181. The van der Waals surface area contributed by atoms with Gasteiger partial charge in [-0.2, -0.15) is 0 Å². The molecule has 224 valence electrons. The van der Waals surface area contributed by atoms with Crippen LogP contribution in [0.4, 0.5) is 11.4 Å². The van der Waals surface area contributed by atoms with Crippen LogP contribution in [0.5, 0.6) is 0 Å². The number of fused-ring (bicyclic) bond motifs is 3. The van der Waals surface area contributed by atoms with E-state index in [1.54, 1.807) is 0 Å². The molecule has 0 saturated carbocycles. The molecule has 8 rings (SSSR count). The topological polar surface area (TPSA) is 52.3 Å². The molecule has 0 aliphatic carbocycles. The fourth-order valence-corrected chi connectivity index (χ4v) is 6.36. The Morgan fingerprint density at radius 1 is 0.521 bits per heavy atom. The maximum atomic E-state index is 8.17. The fourth-order valence-electron chi connectivity index (χ4n) is 6.36. The molecule has 6 aromatic carbocycles. The second-order valence-electron chi connectivity index (χ2n) is 11.5. The van der Waals surface area contributed by atoms with Crippen LogP contribution in [0.2, 0.25) is 0 Å². The minimum atomic E-state index is 0.487. The monoisotopic (exact) mass is 614 g/mol. The molecule has 2 heterocycles. The Labute approximate surface area is 277 Å². The highest BCUT2D eigenvalue weighted by Gasteiger charge is 2.20. The van der Waals surface area contributed by atoms with E-state index in [4.69, 9.17) is 28.1 Å². The van der Waals surface area contributed by atoms with Gasteiger partial charge in [0.1, 0.15) is 0 Å². The van der Waals surface area contributed by atoms with Crippen LogP contribution in [-0.4, -0.2) is 19.5 Å². The van der Waals surface area contributed by atoms with E-state index in [2.05, 4.69) is 51.5 Å². The van der Waals surface area contributed by atoms with Gasteiger partial charge >= 0.3 is 0 Å². The smallest absolute Gasteiger partial charge is 0.195 e. The summed E-state index contributed by atoms with van der Waals surface area (Å²) in [7, 11) is 0. The zero-order valence-electron chi connectivity index (χ0n) is 26.0. The summed E-state index contributed by atoms with van der Waals surface area (Å²) in [6, 6.07) is 45.9. The van der Waals surface area contributed by atoms with Crippen LogP contribution >= 0.6 is 0 Å². The lowest BCUT2D eigenvalue weighted by atomic mass is 9.95. The lowest BCUT2D eigenvalue weighted by Crippen LogP contribution is -2.01. The largest absolute Gasteiger partial charge is 0.309 e. The highest BCUT2D eigenvalue weighted by Crippen LogP contribution is 2.43. The van der Waals surface area contributed by atoms with Crippen molar-refractivity contribution in [1.29, 1.82) is 0 Å². The average molecular weight is 615 g/mol. The molecule has 0 fully saturated rings. The van der Waals surface area contributed by atoms with Crippen LogP contribution in [0.25, 0.3) is 82.5 Å². The Kier molecular flexibility index (Phi) is 7.02. The van der Waals surface area contributed by atoms with E-state index in [-0.39, 0.29) is 0 Å². The van der Waals surface area contributed by atoms with Gasteiger partial charge in [0.2, 0.25) is 0 Å². The number of para-hydroxylation sites is 1. The first-order chi connectivity index (χ1) is 23.6. The normalized spacial score (nSPS) is 11.0. The number of aryl methyl sites for hydroxylation is 1. The summed E-state index contributed by atoms with van der Waals surface area (Å²) < 4.78 is 2.25. The summed E-state index contributed by atoms with van der Waals surface area (Å²) in [5, 5.41) is 1.97. The molecule has 0 radical (unpaired) electrons. The Hall–Kier alpha value is -6.89. The SMILES string of the molecule is [C-]#[N+]c1ccc2c(c1)c1cc(-c3c([N+]#[C-])cccc3-c3nc(-c4ccccc4)nc(-c4ccccc4)n3)ccc1n2-c1ccccc1C. The van der Waals surface area contributed by atoms with Crippen molar-refractivity contribution in [3.05, 3.63) is 168 Å². The van der Waals surface area contributed by atoms with Gasteiger partial charge in [0.25, 0.3) is 0 Å². The van der Waals surface area contributed by atoms with Crippen LogP contribution in [0, 0.1) is 20.1 Å². The molecular formula is C42H26N6. The zero-order valence-corrected chi connectivity index (χ0v) is 26.0. The third-order valence-electron chi connectivity index (χ3n) is 8.63. The number of hydrogen-bond acceptors (Lipinski definition) is 3. The summed E-state index contributed by atoms with van der Waals surface area (Å²) in [5.41, 5.74) is 9.44. The lowest BCUT2D eigenvalue weighted by molar-refractivity contribution is 1.07. The van der Waals surface area contributed by atoms with E-state index in [1.807, 2.05) is 109 Å². The van der Waals surface area contributed by atoms with Crippen molar-refractivity contribution in [1.82, 2.24) is 19.5 Å². The van der Waals surface area contributed by atoms with Crippen molar-refractivity contribution in [2.24, 2.45) is 0 Å². The third kappa shape index (κ3) is 4.86. The first kappa shape index (κ1) is 28.6. The first-order valence-corrected chi connectivity index (χ1v) is 15.5. The Morgan fingerprint density at radius 3 is 1.77 bits per heavy atom. The van der Waals surface area contributed by atoms with E-state index >= 15 is 0 Å². The molecule has 0 N–H and O–H groups in total. The van der Waals surface area contributed by atoms with E-state index in [0.717, 1.165) is 60.9 Å². The van der Waals surface area contributed by atoms with Crippen molar-refractivity contribution >= 4 is 33.2 Å². The summed E-state index contributed by atoms with van der Waals surface area (Å²) in [4.78, 5) is 22.5. The molecule has 0 bridgehead atoms. The van der Waals surface area contributed by atoms with Crippen molar-refractivity contribution in [3.63, 3.8) is 0 Å². The van der Waals surface area contributed by atoms with E-state index in [9.17, 15) is 0 Å². The molecular weight excluding hydrogens is 589 g/mol. The molecule has 0 unspecified atom stereocenters. The van der Waals surface area contributed by atoms with Crippen LogP contribution < -0.4 is 0 Å². The van der Waals surface area contributed by atoms with Gasteiger partial charge in [-0.05, 0) is 59.3 Å². The average Bonchev–Trinajstić information content (AvgIpc) is 3.47. The number of rotatable bonds is 5. The van der Waals surface area contributed by atoms with E-state index in [0.29, 0.717) is 28.8 Å². The highest BCUT2D eigenvalue weighted by molar-refractivity contribution is 6.12. The van der Waals surface area contributed by atoms with E-state index < -0.39 is 0 Å². The van der Waals surface area contributed by atoms with Gasteiger partial charge in [0, 0.05) is 27.8 Å². The molecule has 0 aliphatic heterocycles. The molecule has 6 heteroatoms. The molecule has 8 aromatic rings. The zero-order chi connectivity index (χ0) is 32.6. The number of nitrogens with zero attached hydrogens (tertiary/aromatic N) is 6. The first-order valence-electron chi connectivity index (χ1n) is 15.5. The summed E-state index contributed by atoms with van der Waals surface area (Å²) in [6.45, 7) is 18.0. The number of aromatic nitrogens is 4. The molecule has 0 saturated heterocycles. The third-order valence-corrected chi connectivity index (χ3v) is 8.63. The van der Waals surface area contributed by atoms with Gasteiger partial charge in [0.05, 0.1) is 24.2 Å². The van der Waals surface area contributed by atoms with E-state index in [1.165, 1.54) is 0 Å². The molecule has 2 aromatic heterocycles. The molecule has 0 atom stereocenters. The van der Waals surface area contributed by atoms with Crippen LogP contribution in [0.1, 0.15) is 5.56 Å². The second kappa shape index (κ2) is 11.8. The molecule has 0 spiro atoms. The standard InChI is InChI=1S/C42H26N6/c1-27-13-10-11-20-36(27)48-37-23-21-30(25-33(37)34-26-31(43-2)22-24-38(34)48)39-32(18-12-19-35(39)44-3)42-46-40(28-14-6-4-7-15-28)45-41(47-42)29-16-8-5-9-17-29/h4-26H,1H3. The molecule has 0 amide bonds. The van der Waals surface area contributed by atoms with Gasteiger partial charge in [0.15, 0.2) is 28.8 Å². The van der Waals surface area contributed by atoms with Crippen LogP contribution in [-0.2, 0) is 0 Å². The predicted octanol–water partition coefficient (Wildman–Crippen LogP) is 11.0. The van der Waals surface area contributed by atoms with Crippen molar-refractivity contribution in [2.45, 2.75) is 6.92 Å². The van der Waals surface area contributed by atoms with Crippen molar-refractivity contribution in [2.75, 3.05) is 0 Å². The Bertz CT molecular complexity index is 2530. The molecule has 48 heavy (non-hydrogen) atoms. The molecule has 0 aliphatic rings. The summed E-state index contributed by atoms with van der Waals surface area (Å²) in [6.07, 6.45) is 0. The van der Waals surface area contributed by atoms with Crippen LogP contribution in [0.3, 0.4) is 0 Å². The van der Waals surface area contributed by atoms with Gasteiger partial charge < -0.3 is 4.57 Å².